The third-order valence-electron chi connectivity index (χ3n) is 4.84. The number of amides is 1. The van der Waals surface area contributed by atoms with Crippen LogP contribution < -0.4 is 10.6 Å². The lowest BCUT2D eigenvalue weighted by molar-refractivity contribution is -0.123. The molecule has 1 saturated heterocycles. The molecule has 2 atom stereocenters. The Labute approximate surface area is 127 Å². The Kier molecular flexibility index (Phi) is 4.29. The Morgan fingerprint density at radius 1 is 1.19 bits per heavy atom. The van der Waals surface area contributed by atoms with Crippen LogP contribution in [0.1, 0.15) is 56.1 Å². The summed E-state index contributed by atoms with van der Waals surface area (Å²) in [5.41, 5.74) is 2.69. The van der Waals surface area contributed by atoms with E-state index in [9.17, 15) is 4.79 Å². The first-order chi connectivity index (χ1) is 10.1. The Morgan fingerprint density at radius 3 is 2.48 bits per heavy atom. The van der Waals surface area contributed by atoms with Gasteiger partial charge in [0.2, 0.25) is 5.91 Å². The molecule has 1 aromatic carbocycles. The van der Waals surface area contributed by atoms with Crippen LogP contribution in [0.15, 0.2) is 24.3 Å². The summed E-state index contributed by atoms with van der Waals surface area (Å²) in [6.45, 7) is 6.47. The second-order valence-electron chi connectivity index (χ2n) is 6.80. The number of hydrogen-bond acceptors (Lipinski definition) is 2. The molecule has 1 heterocycles. The average molecular weight is 286 g/mol. The first kappa shape index (κ1) is 14.6. The Hall–Kier alpha value is -1.35. The van der Waals surface area contributed by atoms with E-state index in [0.717, 1.165) is 32.4 Å². The van der Waals surface area contributed by atoms with Crippen molar-refractivity contribution in [1.29, 1.82) is 0 Å². The Bertz CT molecular complexity index is 488. The van der Waals surface area contributed by atoms with Crippen LogP contribution >= 0.6 is 0 Å². The molecule has 2 N–H and O–H groups in total. The molecule has 1 aliphatic carbocycles. The van der Waals surface area contributed by atoms with Crippen molar-refractivity contribution in [3.05, 3.63) is 35.4 Å². The monoisotopic (exact) mass is 286 g/mol. The molecule has 2 fully saturated rings. The Balaban J connectivity index is 1.54. The number of nitrogens with one attached hydrogen (secondary N) is 2. The topological polar surface area (TPSA) is 41.1 Å². The third-order valence-corrected chi connectivity index (χ3v) is 4.84. The van der Waals surface area contributed by atoms with E-state index in [2.05, 4.69) is 48.7 Å². The van der Waals surface area contributed by atoms with Gasteiger partial charge >= 0.3 is 0 Å². The number of hydrogen-bond donors (Lipinski definition) is 2. The van der Waals surface area contributed by atoms with E-state index in [1.165, 1.54) is 11.1 Å². The molecule has 21 heavy (non-hydrogen) atoms. The molecule has 3 heteroatoms. The van der Waals surface area contributed by atoms with E-state index in [1.807, 2.05) is 0 Å². The predicted molar refractivity (Wildman–Crippen MR) is 85.4 cm³/mol. The summed E-state index contributed by atoms with van der Waals surface area (Å²) in [7, 11) is 0. The summed E-state index contributed by atoms with van der Waals surface area (Å²) >= 11 is 0. The van der Waals surface area contributed by atoms with Crippen molar-refractivity contribution in [3.63, 3.8) is 0 Å². The quantitative estimate of drug-likeness (QED) is 0.893. The molecule has 114 valence electrons. The maximum absolute atomic E-state index is 12.3. The zero-order valence-electron chi connectivity index (χ0n) is 13.1. The summed E-state index contributed by atoms with van der Waals surface area (Å²) in [6.07, 6.45) is 3.14. The van der Waals surface area contributed by atoms with Crippen LogP contribution in [0.25, 0.3) is 0 Å². The van der Waals surface area contributed by atoms with Gasteiger partial charge < -0.3 is 10.6 Å². The van der Waals surface area contributed by atoms with Gasteiger partial charge in [0.1, 0.15) is 0 Å². The van der Waals surface area contributed by atoms with E-state index in [4.69, 9.17) is 0 Å². The number of carbonyl (C=O) groups is 1. The number of benzene rings is 1. The molecule has 0 aromatic heterocycles. The van der Waals surface area contributed by atoms with Crippen molar-refractivity contribution in [2.75, 3.05) is 13.1 Å². The highest BCUT2D eigenvalue weighted by molar-refractivity contribution is 5.83. The molecule has 1 saturated carbocycles. The summed E-state index contributed by atoms with van der Waals surface area (Å²) < 4.78 is 0. The molecule has 3 nitrogen and oxygen atoms in total. The van der Waals surface area contributed by atoms with Gasteiger partial charge in [-0.25, -0.2) is 0 Å². The summed E-state index contributed by atoms with van der Waals surface area (Å²) in [5, 5.41) is 6.56. The van der Waals surface area contributed by atoms with Crippen molar-refractivity contribution < 1.29 is 4.79 Å². The lowest BCUT2D eigenvalue weighted by atomic mass is 10.00. The van der Waals surface area contributed by atoms with Crippen LogP contribution in [0.4, 0.5) is 0 Å². The van der Waals surface area contributed by atoms with Crippen molar-refractivity contribution in [3.8, 4) is 0 Å². The lowest BCUT2D eigenvalue weighted by Gasteiger charge is -2.23. The van der Waals surface area contributed by atoms with Crippen LogP contribution in [-0.4, -0.2) is 25.0 Å². The van der Waals surface area contributed by atoms with Gasteiger partial charge in [-0.05, 0) is 55.3 Å². The maximum atomic E-state index is 12.3. The van der Waals surface area contributed by atoms with Crippen LogP contribution in [0.5, 0.6) is 0 Å². The van der Waals surface area contributed by atoms with E-state index < -0.39 is 0 Å². The van der Waals surface area contributed by atoms with Crippen LogP contribution in [0.2, 0.25) is 0 Å². The minimum absolute atomic E-state index is 0.199. The molecule has 1 aromatic rings. The lowest BCUT2D eigenvalue weighted by Crippen LogP contribution is -2.43. The van der Waals surface area contributed by atoms with Gasteiger partial charge in [-0.3, -0.25) is 4.79 Å². The molecule has 0 spiro atoms. The highest BCUT2D eigenvalue weighted by atomic mass is 16.2. The molecule has 2 aliphatic rings. The SMILES string of the molecule is CC(C)c1ccc(C2CC2C(=O)NC2CCNCC2)cc1. The van der Waals surface area contributed by atoms with Gasteiger partial charge in [0.25, 0.3) is 0 Å². The van der Waals surface area contributed by atoms with Crippen LogP contribution in [0.3, 0.4) is 0 Å². The van der Waals surface area contributed by atoms with Gasteiger partial charge in [-0.15, -0.1) is 0 Å². The highest BCUT2D eigenvalue weighted by Crippen LogP contribution is 2.47. The fourth-order valence-electron chi connectivity index (χ4n) is 3.26. The summed E-state index contributed by atoms with van der Waals surface area (Å²) in [6, 6.07) is 9.21. The number of carbonyl (C=O) groups excluding carboxylic acids is 1. The van der Waals surface area contributed by atoms with Gasteiger partial charge in [-0.2, -0.15) is 0 Å². The summed E-state index contributed by atoms with van der Waals surface area (Å²) in [4.78, 5) is 12.3. The maximum Gasteiger partial charge on any atom is 0.223 e. The summed E-state index contributed by atoms with van der Waals surface area (Å²) in [5.74, 6) is 1.47. The standard InChI is InChI=1S/C18H26N2O/c1-12(2)13-3-5-14(6-4-13)16-11-17(16)18(21)20-15-7-9-19-10-8-15/h3-6,12,15-17,19H,7-11H2,1-2H3,(H,20,21). The molecule has 3 rings (SSSR count). The van der Waals surface area contributed by atoms with Crippen molar-refractivity contribution in [1.82, 2.24) is 10.6 Å². The van der Waals surface area contributed by atoms with E-state index in [0.29, 0.717) is 17.9 Å². The second-order valence-corrected chi connectivity index (χ2v) is 6.80. The minimum atomic E-state index is 0.199. The Morgan fingerprint density at radius 2 is 1.86 bits per heavy atom. The molecular weight excluding hydrogens is 260 g/mol. The zero-order valence-corrected chi connectivity index (χ0v) is 13.1. The molecule has 2 unspecified atom stereocenters. The zero-order chi connectivity index (χ0) is 14.8. The van der Waals surface area contributed by atoms with Crippen molar-refractivity contribution in [2.24, 2.45) is 5.92 Å². The smallest absolute Gasteiger partial charge is 0.223 e. The molecular formula is C18H26N2O. The third kappa shape index (κ3) is 3.46. The first-order valence-corrected chi connectivity index (χ1v) is 8.26. The highest BCUT2D eigenvalue weighted by Gasteiger charge is 2.44. The first-order valence-electron chi connectivity index (χ1n) is 8.26. The van der Waals surface area contributed by atoms with Crippen LogP contribution in [-0.2, 0) is 4.79 Å². The van der Waals surface area contributed by atoms with Crippen molar-refractivity contribution in [2.45, 2.75) is 51.0 Å². The number of rotatable bonds is 4. The van der Waals surface area contributed by atoms with Gasteiger partial charge in [-0.1, -0.05) is 38.1 Å². The molecule has 1 amide bonds. The van der Waals surface area contributed by atoms with E-state index in [-0.39, 0.29) is 11.8 Å². The minimum Gasteiger partial charge on any atom is -0.353 e. The molecule has 1 aliphatic heterocycles. The fraction of sp³-hybridized carbons (Fsp3) is 0.611. The van der Waals surface area contributed by atoms with E-state index >= 15 is 0 Å². The normalized spacial score (nSPS) is 25.9. The fourth-order valence-corrected chi connectivity index (χ4v) is 3.26. The van der Waals surface area contributed by atoms with Crippen molar-refractivity contribution >= 4 is 5.91 Å². The van der Waals surface area contributed by atoms with Crippen LogP contribution in [0, 0.1) is 5.92 Å². The average Bonchev–Trinajstić information content (AvgIpc) is 3.29. The predicted octanol–water partition coefficient (Wildman–Crippen LogP) is 2.78. The van der Waals surface area contributed by atoms with Gasteiger partial charge in [0, 0.05) is 12.0 Å². The number of piperidine rings is 1. The molecule has 0 bridgehead atoms. The van der Waals surface area contributed by atoms with Gasteiger partial charge in [0.15, 0.2) is 0 Å². The second kappa shape index (κ2) is 6.18. The largest absolute Gasteiger partial charge is 0.353 e. The van der Waals surface area contributed by atoms with E-state index in [1.54, 1.807) is 0 Å². The molecule has 0 radical (unpaired) electrons. The van der Waals surface area contributed by atoms with Gasteiger partial charge in [0.05, 0.1) is 0 Å².